The molecule has 0 spiro atoms. The van der Waals surface area contributed by atoms with Gasteiger partial charge in [0.25, 0.3) is 17.7 Å². The number of likely N-dealkylation sites (tertiary alicyclic amines) is 1. The molecule has 3 aromatic heterocycles. The number of benzene rings is 2. The highest BCUT2D eigenvalue weighted by molar-refractivity contribution is 6.39. The summed E-state index contributed by atoms with van der Waals surface area (Å²) in [5.74, 6) is -7.60. The molecule has 1 aliphatic carbocycles. The summed E-state index contributed by atoms with van der Waals surface area (Å²) in [6.45, 7) is 20.4. The van der Waals surface area contributed by atoms with Crippen LogP contribution in [0, 0.1) is 35.5 Å². The molecule has 5 aliphatic heterocycles. The Hall–Kier alpha value is -9.05. The lowest BCUT2D eigenvalue weighted by Crippen LogP contribution is -2.61. The number of anilines is 2. The average molecular weight is 1830 g/mol. The minimum Gasteiger partial charge on any atom is -0.460 e. The first-order valence-electron chi connectivity index (χ1n) is 46.7. The number of fused-ring (bicyclic) bond motifs is 6. The van der Waals surface area contributed by atoms with E-state index < -0.39 is 108 Å². The number of aliphatic hydroxyl groups is 3. The molecule has 2 unspecified atom stereocenters. The predicted molar refractivity (Wildman–Crippen MR) is 487 cm³/mol. The molecule has 722 valence electrons. The first-order chi connectivity index (χ1) is 63.1. The minimum atomic E-state index is -2.47. The second-order valence-corrected chi connectivity index (χ2v) is 36.0. The van der Waals surface area contributed by atoms with Crippen LogP contribution in [0.5, 0.6) is 0 Å². The maximum absolute atomic E-state index is 14.8. The van der Waals surface area contributed by atoms with Crippen LogP contribution in [0.15, 0.2) is 94.7 Å². The number of oxazole rings is 1. The number of nitrogens with one attached hydrogen (secondary N) is 2. The molecule has 9 N–H and O–H groups in total. The third-order valence-corrected chi connectivity index (χ3v) is 26.3. The van der Waals surface area contributed by atoms with Gasteiger partial charge in [-0.2, -0.15) is 10.1 Å². The zero-order chi connectivity index (χ0) is 93.7. The van der Waals surface area contributed by atoms with Crippen molar-refractivity contribution in [2.24, 2.45) is 35.5 Å². The van der Waals surface area contributed by atoms with Gasteiger partial charge in [-0.3, -0.25) is 28.9 Å². The van der Waals surface area contributed by atoms with Gasteiger partial charge in [-0.05, 0) is 161 Å². The lowest BCUT2D eigenvalue weighted by atomic mass is 9.78. The van der Waals surface area contributed by atoms with Gasteiger partial charge in [-0.1, -0.05) is 89.3 Å². The maximum atomic E-state index is 14.8. The van der Waals surface area contributed by atoms with Crippen molar-refractivity contribution in [3.05, 3.63) is 107 Å². The molecule has 4 amide bonds. The molecular formula is C96H140N12O23. The third kappa shape index (κ3) is 29.2. The number of esters is 1. The number of carbonyl (C=O) groups excluding carboxylic acids is 7. The number of hydrogen-bond donors (Lipinski definition) is 7. The Bertz CT molecular complexity index is 4680. The quantitative estimate of drug-likeness (QED) is 0.00877. The fourth-order valence-electron chi connectivity index (χ4n) is 18.5. The van der Waals surface area contributed by atoms with Crippen LogP contribution in [0.3, 0.4) is 0 Å². The molecule has 8 heterocycles. The lowest BCUT2D eigenvalue weighted by molar-refractivity contribution is -0.265. The highest BCUT2D eigenvalue weighted by Gasteiger charge is 2.53. The largest absolute Gasteiger partial charge is 0.460 e. The molecule has 5 aromatic rings. The van der Waals surface area contributed by atoms with E-state index in [-0.39, 0.29) is 93.5 Å². The fraction of sp³-hybridized carbons (Fsp3) is 0.656. The molecule has 4 fully saturated rings. The molecule has 1 saturated carbocycles. The molecule has 35 heteroatoms. The summed E-state index contributed by atoms with van der Waals surface area (Å²) in [4.78, 5) is 116. The van der Waals surface area contributed by atoms with E-state index in [2.05, 4.69) is 48.7 Å². The van der Waals surface area contributed by atoms with E-state index in [1.807, 2.05) is 79.8 Å². The number of nitrogen functional groups attached to an aromatic ring is 2. The van der Waals surface area contributed by atoms with E-state index in [1.165, 1.54) is 23.9 Å². The molecule has 131 heavy (non-hydrogen) atoms. The van der Waals surface area contributed by atoms with E-state index >= 15 is 0 Å². The van der Waals surface area contributed by atoms with Gasteiger partial charge in [0, 0.05) is 109 Å². The van der Waals surface area contributed by atoms with Crippen LogP contribution < -0.4 is 22.1 Å². The Labute approximate surface area is 768 Å². The summed E-state index contributed by atoms with van der Waals surface area (Å²) in [7, 11) is 4.52. The van der Waals surface area contributed by atoms with Crippen molar-refractivity contribution >= 4 is 75.3 Å². The van der Waals surface area contributed by atoms with Crippen LogP contribution in [0.2, 0.25) is 0 Å². The molecule has 3 saturated heterocycles. The number of ketones is 2. The Morgan fingerprint density at radius 2 is 1.43 bits per heavy atom. The van der Waals surface area contributed by atoms with Crippen LogP contribution in [-0.2, 0) is 105 Å². The molecule has 0 radical (unpaired) electrons. The molecule has 16 atom stereocenters. The number of aliphatic hydroxyl groups excluding tert-OH is 2. The van der Waals surface area contributed by atoms with Gasteiger partial charge in [0.2, 0.25) is 17.6 Å². The number of Topliss-reactive ketones (excluding diaryl/α,β-unsaturated/α-hetero) is 2. The normalized spacial score (nSPS) is 28.0. The van der Waals surface area contributed by atoms with Crippen LogP contribution in [0.25, 0.3) is 33.4 Å². The highest BCUT2D eigenvalue weighted by atomic mass is 16.6. The van der Waals surface area contributed by atoms with Gasteiger partial charge in [0.05, 0.1) is 122 Å². The number of allylic oxidation sites excluding steroid dienone is 5. The highest BCUT2D eigenvalue weighted by Crippen LogP contribution is 2.40. The first kappa shape index (κ1) is 102. The number of nitrogens with two attached hydrogens (primary N) is 2. The monoisotopic (exact) mass is 1830 g/mol. The number of aromatic nitrogens is 5. The number of methoxy groups -OCH3 is 3. The van der Waals surface area contributed by atoms with Crippen molar-refractivity contribution in [3.8, 4) is 11.3 Å². The SMILES string of the molecule is CO[C@H]1C[C@@H]2CC[C@@H](C)[C@@](O)(O2)C(=O)C(=O)N2CCCC[C@H]2C(=O)O[C@H]([C@H](C)CC2CCC(OC(=O)NCCOCCOCCOCCOCCOCCOCCC(=O)NC3CCN(CC(=O)N4CCc5cc(Cn6nc(-c7ccc8oc(N)nc8c7)c7c(N)ncnc76)ccc5C4)CC3)[C@H](OC)C2)C[C@@H](O)[C@H](C)/C=C(\C)[C@@H](O)[C@@H](OC)C(=O)[C@H](C)C[C@H](C)/C=C/C=C/C=C/1C. The number of rotatable bonds is 34. The Balaban J connectivity index is 0.518. The number of carbonyl (C=O) groups is 7. The standard InChI is InChI=1S/C96H140N12O23/c1-60-16-12-11-13-17-61(2)79(119-8)54-73-24-19-66(7)96(118,131-73)89(114)92(115)107-32-15-14-18-75(107)93(116)128-80(55-76(109)62(3)49-65(6)87(113)88(121-10)86(112)64(5)48-60)63(4)50-67-21-25-78(81(52-67)120-9)130-95(117)99-31-37-123-39-41-125-43-45-127-47-46-126-44-42-124-40-38-122-36-30-82(110)102-72-28-33-105(34-29-72)58-83(111)106-35-27-69-51-68(20-22-71(69)57-106)56-108-91-84(90(97)100-59-101-91)85(104-108)70-23-26-77-74(53-70)103-94(98)129-77/h11-13,16-17,20,22-23,26,49,51,53,59-60,62-64,66-67,72-73,75-76,78-81,87-88,109,113,118H,14-15,18-19,21,24-25,27-48,50,52,54-58H2,1-10H3,(H2,98,103)(H,99,117)(H,102,110)(H2,97,100,101)/b13-11+,16-12+,61-17+,65-49+/t60-,62-,63-,64-,66-,67?,73+,75+,76-,78?,79+,80+,81-,87-,88+,96-/m1/s1. The van der Waals surface area contributed by atoms with Gasteiger partial charge in [-0.25, -0.2) is 24.2 Å². The number of cyclic esters (lactones) is 1. The van der Waals surface area contributed by atoms with Crippen LogP contribution in [0.1, 0.15) is 161 Å². The van der Waals surface area contributed by atoms with E-state index in [0.29, 0.717) is 202 Å². The van der Waals surface area contributed by atoms with Crippen LogP contribution in [0.4, 0.5) is 16.6 Å². The van der Waals surface area contributed by atoms with Crippen LogP contribution in [-0.4, -0.2) is 303 Å². The summed E-state index contributed by atoms with van der Waals surface area (Å²) in [6, 6.07) is 10.8. The number of ether oxygens (including phenoxy) is 12. The molecule has 35 nitrogen and oxygen atoms in total. The Kier molecular flexibility index (Phi) is 39.8. The van der Waals surface area contributed by atoms with Crippen molar-refractivity contribution < 1.29 is 110 Å². The van der Waals surface area contributed by atoms with Gasteiger partial charge < -0.3 is 108 Å². The number of piperidine rings is 2. The molecular weight excluding hydrogens is 1690 g/mol. The maximum Gasteiger partial charge on any atom is 0.407 e. The molecule has 11 rings (SSSR count). The third-order valence-electron chi connectivity index (χ3n) is 26.3. The Morgan fingerprint density at radius 3 is 2.13 bits per heavy atom. The van der Waals surface area contributed by atoms with Gasteiger partial charge in [0.1, 0.15) is 53.8 Å². The van der Waals surface area contributed by atoms with Crippen LogP contribution >= 0.6 is 0 Å². The molecule has 6 aliphatic rings. The number of amides is 4. The minimum absolute atomic E-state index is 0.00128. The smallest absolute Gasteiger partial charge is 0.407 e. The topological polar surface area (TPSA) is 446 Å². The fourth-order valence-corrected chi connectivity index (χ4v) is 18.5. The summed E-state index contributed by atoms with van der Waals surface area (Å²) in [5, 5.41) is 47.4. The summed E-state index contributed by atoms with van der Waals surface area (Å²) >= 11 is 0. The predicted octanol–water partition coefficient (Wildman–Crippen LogP) is 8.52. The molecule has 2 bridgehead atoms. The zero-order valence-electron chi connectivity index (χ0n) is 77.9. The van der Waals surface area contributed by atoms with Gasteiger partial charge >= 0.3 is 12.1 Å². The average Bonchev–Trinajstić information content (AvgIpc) is 1.59. The Morgan fingerprint density at radius 1 is 0.718 bits per heavy atom. The van der Waals surface area contributed by atoms with Crippen molar-refractivity contribution in [1.82, 2.24) is 50.1 Å². The van der Waals surface area contributed by atoms with Crippen molar-refractivity contribution in [2.75, 3.05) is 151 Å². The summed E-state index contributed by atoms with van der Waals surface area (Å²) < 4.78 is 77.3. The second kappa shape index (κ2) is 50.9. The summed E-state index contributed by atoms with van der Waals surface area (Å²) in [5.41, 5.74) is 20.0. The zero-order valence-corrected chi connectivity index (χ0v) is 77.9. The number of hydrogen-bond acceptors (Lipinski definition) is 30. The summed E-state index contributed by atoms with van der Waals surface area (Å²) in [6.07, 6.45) is 12.8. The first-order valence-corrected chi connectivity index (χ1v) is 46.7. The van der Waals surface area contributed by atoms with Crippen molar-refractivity contribution in [1.29, 1.82) is 0 Å². The number of alkyl carbamates (subject to hydrolysis) is 1. The van der Waals surface area contributed by atoms with Gasteiger partial charge in [0.15, 0.2) is 17.0 Å². The van der Waals surface area contributed by atoms with E-state index in [0.717, 1.165) is 41.5 Å². The van der Waals surface area contributed by atoms with Crippen molar-refractivity contribution in [3.63, 3.8) is 0 Å². The van der Waals surface area contributed by atoms with Crippen molar-refractivity contribution in [2.45, 2.75) is 231 Å². The van der Waals surface area contributed by atoms with E-state index in [4.69, 9.17) is 77.8 Å². The van der Waals surface area contributed by atoms with Gasteiger partial charge in [-0.15, -0.1) is 0 Å². The van der Waals surface area contributed by atoms with E-state index in [9.17, 15) is 48.9 Å². The number of nitrogens with zero attached hydrogens (tertiary/aromatic N) is 8. The van der Waals surface area contributed by atoms with E-state index in [1.54, 1.807) is 47.1 Å². The second-order valence-electron chi connectivity index (χ2n) is 36.0. The lowest BCUT2D eigenvalue weighted by Gasteiger charge is -2.43. The molecule has 2 aromatic carbocycles.